The average Bonchev–Trinajstić information content (AvgIpc) is 1.99. The summed E-state index contributed by atoms with van der Waals surface area (Å²) < 4.78 is 40.3. The summed E-state index contributed by atoms with van der Waals surface area (Å²) in [4.78, 5) is 10.8. The minimum absolute atomic E-state index is 0.0682. The smallest absolute Gasteiger partial charge is 0.390 e. The summed E-state index contributed by atoms with van der Waals surface area (Å²) in [5.74, 6) is -0.436. The summed E-state index contributed by atoms with van der Waals surface area (Å²) >= 11 is 0. The number of methoxy groups -OCH3 is 1. The van der Waals surface area contributed by atoms with Crippen LogP contribution in [0.25, 0.3) is 0 Å². The maximum atomic E-state index is 12.0. The molecule has 0 fully saturated rings. The molecule has 0 aromatic heterocycles. The Morgan fingerprint density at radius 1 is 1.33 bits per heavy atom. The number of carbonyl (C=O) groups excluding carboxylic acids is 1. The van der Waals surface area contributed by atoms with E-state index >= 15 is 0 Å². The van der Waals surface area contributed by atoms with Crippen molar-refractivity contribution in [2.45, 2.75) is 44.9 Å². The van der Waals surface area contributed by atoms with Crippen molar-refractivity contribution in [1.82, 2.24) is 5.32 Å². The molecule has 0 aromatic rings. The number of hydrogen-bond donors (Lipinski definition) is 1. The van der Waals surface area contributed by atoms with Gasteiger partial charge in [-0.15, -0.1) is 0 Å². The third kappa shape index (κ3) is 8.23. The Morgan fingerprint density at radius 2 is 1.87 bits per heavy atom. The van der Waals surface area contributed by atoms with Gasteiger partial charge in [0.2, 0.25) is 0 Å². The van der Waals surface area contributed by atoms with Gasteiger partial charge >= 0.3 is 12.1 Å². The van der Waals surface area contributed by atoms with Gasteiger partial charge in [0.05, 0.1) is 20.0 Å². The number of esters is 1. The highest BCUT2D eigenvalue weighted by Gasteiger charge is 2.30. The molecular weight excluding hydrogens is 211 g/mol. The normalized spacial score (nSPS) is 15.9. The highest BCUT2D eigenvalue weighted by Crippen LogP contribution is 2.21. The summed E-state index contributed by atoms with van der Waals surface area (Å²) in [6.07, 6.45) is -5.02. The molecule has 2 atom stereocenters. The van der Waals surface area contributed by atoms with Gasteiger partial charge in [-0.05, 0) is 13.8 Å². The molecule has 0 heterocycles. The van der Waals surface area contributed by atoms with Crippen LogP contribution in [0.15, 0.2) is 0 Å². The first-order valence-corrected chi connectivity index (χ1v) is 4.64. The van der Waals surface area contributed by atoms with Gasteiger partial charge in [-0.2, -0.15) is 13.2 Å². The number of ether oxygens (including phenoxy) is 1. The zero-order valence-electron chi connectivity index (χ0n) is 9.02. The Kier molecular flexibility index (Phi) is 5.64. The van der Waals surface area contributed by atoms with Gasteiger partial charge in [0.1, 0.15) is 0 Å². The molecule has 15 heavy (non-hydrogen) atoms. The van der Waals surface area contributed by atoms with Crippen molar-refractivity contribution in [1.29, 1.82) is 0 Å². The van der Waals surface area contributed by atoms with Gasteiger partial charge in [0.25, 0.3) is 0 Å². The quantitative estimate of drug-likeness (QED) is 0.729. The van der Waals surface area contributed by atoms with Crippen LogP contribution in [0.5, 0.6) is 0 Å². The van der Waals surface area contributed by atoms with Gasteiger partial charge in [0.15, 0.2) is 0 Å². The van der Waals surface area contributed by atoms with E-state index in [1.165, 1.54) is 14.0 Å². The van der Waals surface area contributed by atoms with Crippen LogP contribution in [-0.2, 0) is 9.53 Å². The molecule has 0 aliphatic heterocycles. The van der Waals surface area contributed by atoms with Crippen LogP contribution in [0, 0.1) is 0 Å². The first-order chi connectivity index (χ1) is 6.74. The lowest BCUT2D eigenvalue weighted by molar-refractivity contribution is -0.141. The standard InChI is InChI=1S/C9H16F3NO2/c1-6(4-8(14)15-3)13-7(2)5-9(10,11)12/h6-7,13H,4-5H2,1-3H3. The Labute approximate surface area is 87.0 Å². The van der Waals surface area contributed by atoms with Crippen molar-refractivity contribution >= 4 is 5.97 Å². The molecular formula is C9H16F3NO2. The molecule has 3 nitrogen and oxygen atoms in total. The van der Waals surface area contributed by atoms with Crippen molar-refractivity contribution in [3.63, 3.8) is 0 Å². The van der Waals surface area contributed by atoms with E-state index in [-0.39, 0.29) is 12.5 Å². The van der Waals surface area contributed by atoms with E-state index in [4.69, 9.17) is 0 Å². The van der Waals surface area contributed by atoms with Gasteiger partial charge < -0.3 is 10.1 Å². The van der Waals surface area contributed by atoms with E-state index in [0.717, 1.165) is 0 Å². The Balaban J connectivity index is 3.86. The van der Waals surface area contributed by atoms with Crippen molar-refractivity contribution in [3.05, 3.63) is 0 Å². The van der Waals surface area contributed by atoms with Crippen molar-refractivity contribution in [2.24, 2.45) is 0 Å². The lowest BCUT2D eigenvalue weighted by Crippen LogP contribution is -2.38. The monoisotopic (exact) mass is 227 g/mol. The second-order valence-electron chi connectivity index (χ2n) is 3.57. The van der Waals surface area contributed by atoms with Crippen molar-refractivity contribution < 1.29 is 22.7 Å². The predicted molar refractivity (Wildman–Crippen MR) is 49.4 cm³/mol. The number of rotatable bonds is 5. The van der Waals surface area contributed by atoms with E-state index in [1.807, 2.05) is 0 Å². The lowest BCUT2D eigenvalue weighted by Gasteiger charge is -2.20. The highest BCUT2D eigenvalue weighted by molar-refractivity contribution is 5.69. The number of halogens is 3. The number of carbonyl (C=O) groups is 1. The molecule has 0 radical (unpaired) electrons. The van der Waals surface area contributed by atoms with Crippen LogP contribution in [0.2, 0.25) is 0 Å². The second kappa shape index (κ2) is 5.95. The molecule has 0 amide bonds. The molecule has 0 aliphatic carbocycles. The Hall–Kier alpha value is -0.780. The maximum absolute atomic E-state index is 12.0. The SMILES string of the molecule is COC(=O)CC(C)NC(C)CC(F)(F)F. The molecule has 0 bridgehead atoms. The molecule has 0 aromatic carbocycles. The number of nitrogens with one attached hydrogen (secondary N) is 1. The lowest BCUT2D eigenvalue weighted by atomic mass is 10.1. The van der Waals surface area contributed by atoms with Gasteiger partial charge in [-0.1, -0.05) is 0 Å². The topological polar surface area (TPSA) is 38.3 Å². The van der Waals surface area contributed by atoms with Gasteiger partial charge in [-0.3, -0.25) is 4.79 Å². The second-order valence-corrected chi connectivity index (χ2v) is 3.57. The van der Waals surface area contributed by atoms with E-state index in [1.54, 1.807) is 6.92 Å². The van der Waals surface area contributed by atoms with Crippen molar-refractivity contribution in [3.8, 4) is 0 Å². The first kappa shape index (κ1) is 14.2. The van der Waals surface area contributed by atoms with Crippen LogP contribution in [-0.4, -0.2) is 31.3 Å². The summed E-state index contributed by atoms with van der Waals surface area (Å²) in [5.41, 5.74) is 0. The molecule has 0 aliphatic rings. The van der Waals surface area contributed by atoms with Gasteiger partial charge in [-0.25, -0.2) is 0 Å². The zero-order chi connectivity index (χ0) is 12.1. The molecule has 0 rings (SSSR count). The minimum Gasteiger partial charge on any atom is -0.469 e. The first-order valence-electron chi connectivity index (χ1n) is 4.64. The van der Waals surface area contributed by atoms with Crippen molar-refractivity contribution in [2.75, 3.05) is 7.11 Å². The minimum atomic E-state index is -4.18. The predicted octanol–water partition coefficient (Wildman–Crippen LogP) is 1.87. The summed E-state index contributed by atoms with van der Waals surface area (Å²) in [5, 5.41) is 2.68. The van der Waals surface area contributed by atoms with E-state index in [0.29, 0.717) is 0 Å². The van der Waals surface area contributed by atoms with E-state index in [9.17, 15) is 18.0 Å². The molecule has 0 spiro atoms. The molecule has 2 unspecified atom stereocenters. The van der Waals surface area contributed by atoms with E-state index < -0.39 is 24.6 Å². The third-order valence-corrected chi connectivity index (χ3v) is 1.81. The summed E-state index contributed by atoms with van der Waals surface area (Å²) in [7, 11) is 1.24. The highest BCUT2D eigenvalue weighted by atomic mass is 19.4. The molecule has 0 saturated heterocycles. The van der Waals surface area contributed by atoms with Crippen LogP contribution in [0.1, 0.15) is 26.7 Å². The van der Waals surface area contributed by atoms with Crippen LogP contribution in [0.4, 0.5) is 13.2 Å². The maximum Gasteiger partial charge on any atom is 0.390 e. The Morgan fingerprint density at radius 3 is 2.27 bits per heavy atom. The average molecular weight is 227 g/mol. The van der Waals surface area contributed by atoms with Crippen LogP contribution < -0.4 is 5.32 Å². The fraction of sp³-hybridized carbons (Fsp3) is 0.889. The largest absolute Gasteiger partial charge is 0.469 e. The number of hydrogen-bond acceptors (Lipinski definition) is 3. The Bertz CT molecular complexity index is 206. The van der Waals surface area contributed by atoms with Crippen LogP contribution in [0.3, 0.4) is 0 Å². The molecule has 0 saturated carbocycles. The molecule has 90 valence electrons. The van der Waals surface area contributed by atoms with E-state index in [2.05, 4.69) is 10.1 Å². The number of alkyl halides is 3. The summed E-state index contributed by atoms with van der Waals surface area (Å²) in [6.45, 7) is 3.07. The molecule has 6 heteroatoms. The fourth-order valence-electron chi connectivity index (χ4n) is 1.28. The van der Waals surface area contributed by atoms with Gasteiger partial charge in [0, 0.05) is 12.1 Å². The van der Waals surface area contributed by atoms with Crippen LogP contribution >= 0.6 is 0 Å². The third-order valence-electron chi connectivity index (χ3n) is 1.81. The summed E-state index contributed by atoms with van der Waals surface area (Å²) in [6, 6.07) is -1.03. The fourth-order valence-corrected chi connectivity index (χ4v) is 1.28. The zero-order valence-corrected chi connectivity index (χ0v) is 9.02. The molecule has 1 N–H and O–H groups in total.